The number of nitrogens with zero attached hydrogens (tertiary/aromatic N) is 1. The molecule has 1 saturated carbocycles. The highest BCUT2D eigenvalue weighted by molar-refractivity contribution is 5.34. The molecule has 2 fully saturated rings. The summed E-state index contributed by atoms with van der Waals surface area (Å²) in [6.07, 6.45) is 10.1. The van der Waals surface area contributed by atoms with E-state index in [4.69, 9.17) is 0 Å². The lowest BCUT2D eigenvalue weighted by Gasteiger charge is -2.41. The second-order valence-electron chi connectivity index (χ2n) is 7.25. The molecule has 1 saturated heterocycles. The molecular formula is C19H29N3. The first-order valence-corrected chi connectivity index (χ1v) is 9.21. The van der Waals surface area contributed by atoms with Crippen LogP contribution in [0.15, 0.2) is 24.3 Å². The molecule has 3 nitrogen and oxygen atoms in total. The number of piperazine rings is 1. The van der Waals surface area contributed by atoms with Crippen LogP contribution in [0, 0.1) is 0 Å². The lowest BCUT2D eigenvalue weighted by atomic mass is 9.93. The first-order valence-electron chi connectivity index (χ1n) is 9.21. The minimum absolute atomic E-state index is 0.451. The molecule has 3 aliphatic rings. The van der Waals surface area contributed by atoms with Crippen LogP contribution in [-0.4, -0.2) is 36.7 Å². The van der Waals surface area contributed by atoms with Gasteiger partial charge >= 0.3 is 0 Å². The summed E-state index contributed by atoms with van der Waals surface area (Å²) in [6.45, 7) is 3.52. The molecule has 2 N–H and O–H groups in total. The molecule has 2 atom stereocenters. The van der Waals surface area contributed by atoms with Crippen molar-refractivity contribution in [2.24, 2.45) is 0 Å². The van der Waals surface area contributed by atoms with E-state index in [1.54, 1.807) is 5.56 Å². The smallest absolute Gasteiger partial charge is 0.0708 e. The highest BCUT2D eigenvalue weighted by Crippen LogP contribution is 2.31. The van der Waals surface area contributed by atoms with Crippen molar-refractivity contribution in [3.8, 4) is 0 Å². The molecule has 22 heavy (non-hydrogen) atoms. The summed E-state index contributed by atoms with van der Waals surface area (Å²) < 4.78 is 0. The van der Waals surface area contributed by atoms with E-state index in [0.29, 0.717) is 12.2 Å². The Hall–Kier alpha value is -0.900. The zero-order valence-corrected chi connectivity index (χ0v) is 13.6. The first-order chi connectivity index (χ1) is 10.9. The molecule has 120 valence electrons. The highest BCUT2D eigenvalue weighted by atomic mass is 15.3. The predicted octanol–water partition coefficient (Wildman–Crippen LogP) is 2.83. The number of benzene rings is 1. The van der Waals surface area contributed by atoms with Crippen molar-refractivity contribution in [3.63, 3.8) is 0 Å². The number of fused-ring (bicyclic) bond motifs is 1. The van der Waals surface area contributed by atoms with E-state index in [9.17, 15) is 0 Å². The molecule has 1 aromatic rings. The number of aryl methyl sites for hydroxylation is 1. The van der Waals surface area contributed by atoms with Crippen LogP contribution >= 0.6 is 0 Å². The molecule has 0 spiro atoms. The number of hydrogen-bond donors (Lipinski definition) is 2. The molecule has 2 unspecified atom stereocenters. The zero-order chi connectivity index (χ0) is 14.8. The molecule has 0 radical (unpaired) electrons. The first kappa shape index (κ1) is 14.7. The van der Waals surface area contributed by atoms with E-state index < -0.39 is 0 Å². The maximum absolute atomic E-state index is 3.89. The normalized spacial score (nSPS) is 30.4. The average Bonchev–Trinajstić information content (AvgIpc) is 2.99. The Kier molecular flexibility index (Phi) is 4.47. The second-order valence-corrected chi connectivity index (χ2v) is 7.25. The van der Waals surface area contributed by atoms with Crippen LogP contribution in [0.3, 0.4) is 0 Å². The van der Waals surface area contributed by atoms with Crippen LogP contribution < -0.4 is 10.6 Å². The van der Waals surface area contributed by atoms with Gasteiger partial charge < -0.3 is 0 Å². The fraction of sp³-hybridized carbons (Fsp3) is 0.684. The highest BCUT2D eigenvalue weighted by Gasteiger charge is 2.29. The Labute approximate surface area is 134 Å². The third-order valence-electron chi connectivity index (χ3n) is 5.83. The average molecular weight is 299 g/mol. The zero-order valence-electron chi connectivity index (χ0n) is 13.6. The molecule has 2 aliphatic carbocycles. The van der Waals surface area contributed by atoms with E-state index in [-0.39, 0.29) is 0 Å². The van der Waals surface area contributed by atoms with E-state index in [2.05, 4.69) is 39.8 Å². The molecule has 1 heterocycles. The van der Waals surface area contributed by atoms with Gasteiger partial charge in [-0.1, -0.05) is 43.5 Å². The summed E-state index contributed by atoms with van der Waals surface area (Å²) in [4.78, 5) is 2.74. The van der Waals surface area contributed by atoms with Gasteiger partial charge in [0.15, 0.2) is 0 Å². The van der Waals surface area contributed by atoms with Crippen LogP contribution in [0.2, 0.25) is 0 Å². The molecule has 1 aliphatic heterocycles. The van der Waals surface area contributed by atoms with Gasteiger partial charge in [-0.15, -0.1) is 0 Å². The van der Waals surface area contributed by atoms with Crippen LogP contribution in [0.4, 0.5) is 0 Å². The maximum Gasteiger partial charge on any atom is 0.0708 e. The van der Waals surface area contributed by atoms with Gasteiger partial charge in [0, 0.05) is 31.7 Å². The Balaban J connectivity index is 1.37. The van der Waals surface area contributed by atoms with Crippen molar-refractivity contribution < 1.29 is 0 Å². The molecule has 1 aromatic carbocycles. The van der Waals surface area contributed by atoms with Crippen molar-refractivity contribution in [3.05, 3.63) is 35.4 Å². The summed E-state index contributed by atoms with van der Waals surface area (Å²) in [5.41, 5.74) is 3.07. The van der Waals surface area contributed by atoms with Gasteiger partial charge in [-0.25, -0.2) is 0 Å². The largest absolute Gasteiger partial charge is 0.300 e. The van der Waals surface area contributed by atoms with Crippen molar-refractivity contribution in [1.29, 1.82) is 0 Å². The number of rotatable bonds is 3. The summed E-state index contributed by atoms with van der Waals surface area (Å²) in [6, 6.07) is 10.3. The third-order valence-corrected chi connectivity index (χ3v) is 5.83. The van der Waals surface area contributed by atoms with Gasteiger partial charge in [-0.2, -0.15) is 0 Å². The summed E-state index contributed by atoms with van der Waals surface area (Å²) in [5.74, 6) is 0. The van der Waals surface area contributed by atoms with Gasteiger partial charge in [0.1, 0.15) is 0 Å². The quantitative estimate of drug-likeness (QED) is 0.899. The molecule has 0 aromatic heterocycles. The topological polar surface area (TPSA) is 27.3 Å². The summed E-state index contributed by atoms with van der Waals surface area (Å²) >= 11 is 0. The summed E-state index contributed by atoms with van der Waals surface area (Å²) in [5, 5.41) is 7.58. The maximum atomic E-state index is 3.89. The fourth-order valence-electron chi connectivity index (χ4n) is 4.64. The van der Waals surface area contributed by atoms with Crippen molar-refractivity contribution in [2.75, 3.05) is 19.6 Å². The third kappa shape index (κ3) is 3.08. The van der Waals surface area contributed by atoms with E-state index in [0.717, 1.165) is 12.6 Å². The van der Waals surface area contributed by atoms with E-state index >= 15 is 0 Å². The van der Waals surface area contributed by atoms with Crippen molar-refractivity contribution in [1.82, 2.24) is 15.5 Å². The Bertz CT molecular complexity index is 495. The molecule has 3 heteroatoms. The minimum atomic E-state index is 0.451. The molecule has 4 rings (SSSR count). The van der Waals surface area contributed by atoms with Crippen molar-refractivity contribution in [2.45, 2.75) is 63.2 Å². The molecule has 0 bridgehead atoms. The van der Waals surface area contributed by atoms with Crippen LogP contribution in [0.25, 0.3) is 0 Å². The second kappa shape index (κ2) is 6.69. The van der Waals surface area contributed by atoms with Gasteiger partial charge in [0.25, 0.3) is 0 Å². The summed E-state index contributed by atoms with van der Waals surface area (Å²) in [7, 11) is 0. The van der Waals surface area contributed by atoms with E-state index in [1.165, 1.54) is 63.6 Å². The monoisotopic (exact) mass is 299 g/mol. The van der Waals surface area contributed by atoms with Crippen LogP contribution in [0.5, 0.6) is 0 Å². The Morgan fingerprint density at radius 2 is 1.91 bits per heavy atom. The van der Waals surface area contributed by atoms with Gasteiger partial charge in [-0.05, 0) is 36.8 Å². The molecular weight excluding hydrogens is 270 g/mol. The van der Waals surface area contributed by atoms with Crippen LogP contribution in [0.1, 0.15) is 55.7 Å². The van der Waals surface area contributed by atoms with E-state index in [1.807, 2.05) is 0 Å². The molecule has 0 amide bonds. The Morgan fingerprint density at radius 1 is 1.05 bits per heavy atom. The van der Waals surface area contributed by atoms with Gasteiger partial charge in [0.2, 0.25) is 0 Å². The van der Waals surface area contributed by atoms with Gasteiger partial charge in [-0.3, -0.25) is 15.5 Å². The lowest BCUT2D eigenvalue weighted by Crippen LogP contribution is -2.59. The van der Waals surface area contributed by atoms with Gasteiger partial charge in [0.05, 0.1) is 6.17 Å². The lowest BCUT2D eigenvalue weighted by molar-refractivity contribution is 0.102. The number of nitrogens with one attached hydrogen (secondary N) is 2. The Morgan fingerprint density at radius 3 is 2.82 bits per heavy atom. The van der Waals surface area contributed by atoms with Crippen LogP contribution in [-0.2, 0) is 6.42 Å². The fourth-order valence-corrected chi connectivity index (χ4v) is 4.64. The predicted molar refractivity (Wildman–Crippen MR) is 90.9 cm³/mol. The minimum Gasteiger partial charge on any atom is -0.300 e. The number of hydrogen-bond acceptors (Lipinski definition) is 3. The van der Waals surface area contributed by atoms with Crippen molar-refractivity contribution >= 4 is 0 Å². The standard InChI is InChI=1S/C19H29N3/c1-2-7-16(8-3-1)22-13-12-20-19(14-22)21-18-11-10-15-6-4-5-9-17(15)18/h4-6,9,16,18-21H,1-3,7-8,10-14H2. The SMILES string of the molecule is c1ccc2c(c1)CCC2NC1CN(C2CCCCC2)CCN1.